The van der Waals surface area contributed by atoms with Crippen LogP contribution in [0.15, 0.2) is 24.5 Å². The summed E-state index contributed by atoms with van der Waals surface area (Å²) in [5.41, 5.74) is 0.742. The highest BCUT2D eigenvalue weighted by molar-refractivity contribution is 14.1. The first-order valence-electron chi connectivity index (χ1n) is 10.1. The average molecular weight is 593 g/mol. The van der Waals surface area contributed by atoms with Crippen molar-refractivity contribution < 1.29 is 18.0 Å². The van der Waals surface area contributed by atoms with Crippen molar-refractivity contribution >= 4 is 68.5 Å². The lowest BCUT2D eigenvalue weighted by molar-refractivity contribution is -0.137. The molecule has 0 bridgehead atoms. The van der Waals surface area contributed by atoms with E-state index in [4.69, 9.17) is 11.6 Å². The number of anilines is 3. The van der Waals surface area contributed by atoms with Gasteiger partial charge in [0.25, 0.3) is 5.91 Å². The number of alkyl halides is 4. The smallest absolute Gasteiger partial charge is 0.372 e. The molecule has 2 aromatic heterocycles. The normalized spacial score (nSPS) is 18.7. The van der Waals surface area contributed by atoms with Gasteiger partial charge in [0.2, 0.25) is 5.95 Å². The third-order valence-electron chi connectivity index (χ3n) is 5.67. The maximum atomic E-state index is 13.2. The molecule has 1 amide bonds. The average Bonchev–Trinajstić information content (AvgIpc) is 3.25. The Morgan fingerprint density at radius 1 is 1.33 bits per heavy atom. The molecule has 1 fully saturated rings. The Balaban J connectivity index is 1.68. The van der Waals surface area contributed by atoms with Crippen LogP contribution in [0.2, 0.25) is 5.02 Å². The molecular formula is C21H21ClF3IN6O. The molecule has 1 saturated heterocycles. The lowest BCUT2D eigenvalue weighted by atomic mass is 10.1. The van der Waals surface area contributed by atoms with Crippen LogP contribution in [0.3, 0.4) is 0 Å². The number of hydrogen-bond acceptors (Lipinski definition) is 5. The zero-order valence-corrected chi connectivity index (χ0v) is 20.9. The first-order chi connectivity index (χ1) is 15.5. The standard InChI is InChI=1S/C21H21ClF3IN6O/c1-10-4-11(26)8-32(10)19(33)13-9-31(3)17-6-16(15(22)5-12(13)17)29-20-28-7-14(21(23,24)25)18(27-2)30-20/h5-7,9-11H,4,8H2,1-3H3,(H2,27,28,29,30)/t10?,11-/m0/s1. The van der Waals surface area contributed by atoms with E-state index in [9.17, 15) is 18.0 Å². The molecule has 3 heterocycles. The number of carbonyl (C=O) groups excluding carboxylic acids is 1. The predicted octanol–water partition coefficient (Wildman–Crippen LogP) is 5.46. The second-order valence-corrected chi connectivity index (χ2v) is 10.1. The van der Waals surface area contributed by atoms with Crippen molar-refractivity contribution in [3.05, 3.63) is 40.7 Å². The number of likely N-dealkylation sites (tertiary alicyclic amines) is 1. The maximum absolute atomic E-state index is 13.2. The second kappa shape index (κ2) is 8.82. The Hall–Kier alpha value is -2.28. The Morgan fingerprint density at radius 2 is 2.06 bits per heavy atom. The van der Waals surface area contributed by atoms with E-state index in [0.717, 1.165) is 11.9 Å². The van der Waals surface area contributed by atoms with Gasteiger partial charge in [0.15, 0.2) is 0 Å². The fraction of sp³-hybridized carbons (Fsp3) is 0.381. The van der Waals surface area contributed by atoms with Crippen molar-refractivity contribution in [3.63, 3.8) is 0 Å². The molecule has 4 rings (SSSR count). The van der Waals surface area contributed by atoms with Crippen molar-refractivity contribution in [3.8, 4) is 0 Å². The van der Waals surface area contributed by atoms with E-state index in [-0.39, 0.29) is 23.7 Å². The van der Waals surface area contributed by atoms with Gasteiger partial charge in [-0.1, -0.05) is 34.2 Å². The summed E-state index contributed by atoms with van der Waals surface area (Å²) in [6.45, 7) is 2.74. The van der Waals surface area contributed by atoms with Crippen LogP contribution in [0.25, 0.3) is 10.9 Å². The number of nitrogens with one attached hydrogen (secondary N) is 2. The van der Waals surface area contributed by atoms with Crippen molar-refractivity contribution in [2.45, 2.75) is 29.5 Å². The van der Waals surface area contributed by atoms with Crippen LogP contribution in [-0.4, -0.2) is 48.9 Å². The number of halogens is 5. The first-order valence-corrected chi connectivity index (χ1v) is 11.7. The molecule has 12 heteroatoms. The van der Waals surface area contributed by atoms with Gasteiger partial charge < -0.3 is 20.1 Å². The molecular weight excluding hydrogens is 572 g/mol. The van der Waals surface area contributed by atoms with E-state index in [2.05, 4.69) is 43.2 Å². The van der Waals surface area contributed by atoms with Gasteiger partial charge in [0.05, 0.1) is 21.8 Å². The van der Waals surface area contributed by atoms with E-state index in [1.165, 1.54) is 7.05 Å². The van der Waals surface area contributed by atoms with Gasteiger partial charge >= 0.3 is 6.18 Å². The van der Waals surface area contributed by atoms with Crippen LogP contribution in [-0.2, 0) is 13.2 Å². The van der Waals surface area contributed by atoms with Crippen LogP contribution in [0.1, 0.15) is 29.3 Å². The number of fused-ring (bicyclic) bond motifs is 1. The number of amides is 1. The lowest BCUT2D eigenvalue weighted by Crippen LogP contribution is -2.34. The highest BCUT2D eigenvalue weighted by atomic mass is 127. The van der Waals surface area contributed by atoms with E-state index in [1.54, 1.807) is 18.3 Å². The summed E-state index contributed by atoms with van der Waals surface area (Å²) in [7, 11) is 3.17. The second-order valence-electron chi connectivity index (χ2n) is 7.97. The Labute approximate surface area is 206 Å². The molecule has 0 radical (unpaired) electrons. The molecule has 0 aliphatic carbocycles. The summed E-state index contributed by atoms with van der Waals surface area (Å²) in [5.74, 6) is -0.441. The summed E-state index contributed by atoms with van der Waals surface area (Å²) < 4.78 is 41.6. The fourth-order valence-corrected chi connectivity index (χ4v) is 5.40. The topological polar surface area (TPSA) is 75.1 Å². The molecule has 2 N–H and O–H groups in total. The van der Waals surface area contributed by atoms with Crippen LogP contribution in [0.4, 0.5) is 30.6 Å². The molecule has 3 aromatic rings. The third kappa shape index (κ3) is 4.57. The van der Waals surface area contributed by atoms with Crippen molar-refractivity contribution in [1.82, 2.24) is 19.4 Å². The van der Waals surface area contributed by atoms with Gasteiger partial charge in [-0.3, -0.25) is 4.79 Å². The van der Waals surface area contributed by atoms with E-state index < -0.39 is 11.7 Å². The molecule has 1 aromatic carbocycles. The SMILES string of the molecule is CNc1nc(Nc2cc3c(cc2Cl)c(C(=O)N2C[C@@H](I)CC2C)cn3C)ncc1C(F)(F)F. The Morgan fingerprint density at radius 3 is 2.67 bits per heavy atom. The van der Waals surface area contributed by atoms with Crippen molar-refractivity contribution in [1.29, 1.82) is 0 Å². The molecule has 0 spiro atoms. The molecule has 0 saturated carbocycles. The van der Waals surface area contributed by atoms with Crippen LogP contribution < -0.4 is 10.6 Å². The number of nitrogens with zero attached hydrogens (tertiary/aromatic N) is 4. The minimum absolute atomic E-state index is 0.0434. The summed E-state index contributed by atoms with van der Waals surface area (Å²) in [6.07, 6.45) is -1.14. The molecule has 1 aliphatic rings. The summed E-state index contributed by atoms with van der Waals surface area (Å²) in [6, 6.07) is 3.56. The largest absolute Gasteiger partial charge is 0.421 e. The molecule has 7 nitrogen and oxygen atoms in total. The van der Waals surface area contributed by atoms with Crippen LogP contribution in [0.5, 0.6) is 0 Å². The van der Waals surface area contributed by atoms with E-state index in [1.807, 2.05) is 23.4 Å². The molecule has 2 atom stereocenters. The van der Waals surface area contributed by atoms with Gasteiger partial charge in [-0.05, 0) is 25.5 Å². The highest BCUT2D eigenvalue weighted by Crippen LogP contribution is 2.36. The van der Waals surface area contributed by atoms with Gasteiger partial charge in [0.1, 0.15) is 11.4 Å². The fourth-order valence-electron chi connectivity index (χ4n) is 4.03. The van der Waals surface area contributed by atoms with E-state index >= 15 is 0 Å². The molecule has 33 heavy (non-hydrogen) atoms. The number of benzene rings is 1. The monoisotopic (exact) mass is 592 g/mol. The summed E-state index contributed by atoms with van der Waals surface area (Å²) in [4.78, 5) is 22.8. The minimum atomic E-state index is -4.58. The predicted molar refractivity (Wildman–Crippen MR) is 131 cm³/mol. The maximum Gasteiger partial charge on any atom is 0.421 e. The number of aromatic nitrogens is 3. The minimum Gasteiger partial charge on any atom is -0.372 e. The number of rotatable bonds is 4. The third-order valence-corrected chi connectivity index (χ3v) is 6.89. The van der Waals surface area contributed by atoms with Crippen LogP contribution >= 0.6 is 34.2 Å². The highest BCUT2D eigenvalue weighted by Gasteiger charge is 2.35. The van der Waals surface area contributed by atoms with Gasteiger partial charge in [-0.2, -0.15) is 18.2 Å². The van der Waals surface area contributed by atoms with Gasteiger partial charge in [-0.15, -0.1) is 0 Å². The number of hydrogen-bond donors (Lipinski definition) is 2. The zero-order chi connectivity index (χ0) is 24.1. The van der Waals surface area contributed by atoms with Gasteiger partial charge in [-0.25, -0.2) is 4.98 Å². The molecule has 176 valence electrons. The Bertz CT molecular complexity index is 1230. The number of carbonyl (C=O) groups is 1. The molecule has 1 unspecified atom stereocenters. The number of aryl methyl sites for hydroxylation is 1. The summed E-state index contributed by atoms with van der Waals surface area (Å²) >= 11 is 8.84. The van der Waals surface area contributed by atoms with Crippen molar-refractivity contribution in [2.24, 2.45) is 7.05 Å². The van der Waals surface area contributed by atoms with Crippen molar-refractivity contribution in [2.75, 3.05) is 24.2 Å². The zero-order valence-electron chi connectivity index (χ0n) is 18.0. The van der Waals surface area contributed by atoms with E-state index in [0.29, 0.717) is 38.3 Å². The quantitative estimate of drug-likeness (QED) is 0.311. The Kier molecular flexibility index (Phi) is 6.38. The summed E-state index contributed by atoms with van der Waals surface area (Å²) in [5, 5.41) is 6.31. The molecule has 1 aliphatic heterocycles. The lowest BCUT2D eigenvalue weighted by Gasteiger charge is -2.21. The van der Waals surface area contributed by atoms with Gasteiger partial charge in [0, 0.05) is 48.4 Å². The van der Waals surface area contributed by atoms with Crippen LogP contribution in [0, 0.1) is 0 Å². The first kappa shape index (κ1) is 23.9.